The zero-order chi connectivity index (χ0) is 12.8. The number of aliphatic hydroxyl groups excluding tert-OH is 1. The quantitative estimate of drug-likeness (QED) is 0.297. The number of nitrogens with zero attached hydrogens (tertiary/aromatic N) is 3. The van der Waals surface area contributed by atoms with Gasteiger partial charge in [0.1, 0.15) is 0 Å². The Morgan fingerprint density at radius 3 is 3.11 bits per heavy atom. The van der Waals surface area contributed by atoms with E-state index in [1.807, 2.05) is 10.6 Å². The van der Waals surface area contributed by atoms with Crippen LogP contribution in [0.2, 0.25) is 0 Å². The van der Waals surface area contributed by atoms with Crippen molar-refractivity contribution in [1.29, 1.82) is 0 Å². The molecule has 2 aromatic heterocycles. The highest BCUT2D eigenvalue weighted by molar-refractivity contribution is 5.65. The number of ether oxygens (including phenoxy) is 1. The van der Waals surface area contributed by atoms with Crippen LogP contribution >= 0.6 is 0 Å². The predicted molar refractivity (Wildman–Crippen MR) is 67.2 cm³/mol. The van der Waals surface area contributed by atoms with Gasteiger partial charge in [-0.1, -0.05) is 0 Å². The maximum absolute atomic E-state index is 8.57. The predicted octanol–water partition coefficient (Wildman–Crippen LogP) is -0.564. The first kappa shape index (κ1) is 12.6. The molecule has 8 heteroatoms. The van der Waals surface area contributed by atoms with E-state index in [-0.39, 0.29) is 6.61 Å². The SMILES string of the molecule is NNc1cn2ccnc2c(NCCOCCO)n1. The molecule has 0 fully saturated rings. The Hall–Kier alpha value is -1.90. The number of anilines is 2. The number of nitrogens with one attached hydrogen (secondary N) is 2. The van der Waals surface area contributed by atoms with Gasteiger partial charge in [0, 0.05) is 18.9 Å². The number of hydrogen-bond donors (Lipinski definition) is 4. The minimum Gasteiger partial charge on any atom is -0.394 e. The number of aliphatic hydroxyl groups is 1. The Morgan fingerprint density at radius 1 is 1.44 bits per heavy atom. The number of imidazole rings is 1. The van der Waals surface area contributed by atoms with E-state index in [0.717, 1.165) is 5.65 Å². The fourth-order valence-corrected chi connectivity index (χ4v) is 1.53. The molecule has 0 saturated carbocycles. The molecule has 0 amide bonds. The van der Waals surface area contributed by atoms with E-state index in [1.54, 1.807) is 12.4 Å². The number of hydrogen-bond acceptors (Lipinski definition) is 7. The first-order valence-corrected chi connectivity index (χ1v) is 5.58. The van der Waals surface area contributed by atoms with Crippen molar-refractivity contribution in [1.82, 2.24) is 14.4 Å². The number of aromatic nitrogens is 3. The number of nitrogens with two attached hydrogens (primary N) is 1. The molecule has 0 atom stereocenters. The van der Waals surface area contributed by atoms with Gasteiger partial charge < -0.3 is 25.0 Å². The molecule has 0 radical (unpaired) electrons. The summed E-state index contributed by atoms with van der Waals surface area (Å²) in [4.78, 5) is 8.47. The number of fused-ring (bicyclic) bond motifs is 1. The van der Waals surface area contributed by atoms with Crippen molar-refractivity contribution in [2.75, 3.05) is 37.1 Å². The second-order valence-corrected chi connectivity index (χ2v) is 3.54. The first-order chi connectivity index (χ1) is 8.85. The zero-order valence-electron chi connectivity index (χ0n) is 9.83. The maximum atomic E-state index is 8.57. The molecule has 0 spiro atoms. The van der Waals surface area contributed by atoms with E-state index in [0.29, 0.717) is 31.4 Å². The summed E-state index contributed by atoms with van der Waals surface area (Å²) in [7, 11) is 0. The summed E-state index contributed by atoms with van der Waals surface area (Å²) in [6.45, 7) is 1.41. The summed E-state index contributed by atoms with van der Waals surface area (Å²) in [5, 5.41) is 11.7. The lowest BCUT2D eigenvalue weighted by atomic mass is 10.5. The minimum atomic E-state index is 0.0231. The third-order valence-corrected chi connectivity index (χ3v) is 2.30. The molecule has 0 aliphatic heterocycles. The topological polar surface area (TPSA) is 110 Å². The standard InChI is InChI=1S/C10H16N6O2/c11-15-8-7-16-3-1-13-10(16)9(14-8)12-2-5-18-6-4-17/h1,3,7,15,17H,2,4-6,11H2,(H,12,14). The van der Waals surface area contributed by atoms with Crippen LogP contribution in [0.3, 0.4) is 0 Å². The average Bonchev–Trinajstić information content (AvgIpc) is 2.86. The second kappa shape index (κ2) is 6.15. The van der Waals surface area contributed by atoms with E-state index in [1.165, 1.54) is 0 Å². The maximum Gasteiger partial charge on any atom is 0.180 e. The van der Waals surface area contributed by atoms with Crippen molar-refractivity contribution < 1.29 is 9.84 Å². The highest BCUT2D eigenvalue weighted by Gasteiger charge is 2.06. The molecule has 0 aliphatic rings. The summed E-state index contributed by atoms with van der Waals surface area (Å²) in [5.74, 6) is 6.52. The van der Waals surface area contributed by atoms with Gasteiger partial charge in [-0.25, -0.2) is 15.8 Å². The van der Waals surface area contributed by atoms with Crippen LogP contribution in [-0.2, 0) is 4.74 Å². The molecule has 0 aromatic carbocycles. The highest BCUT2D eigenvalue weighted by Crippen LogP contribution is 2.15. The number of nitrogen functional groups attached to an aromatic ring is 1. The molecular formula is C10H16N6O2. The molecule has 2 aromatic rings. The van der Waals surface area contributed by atoms with E-state index >= 15 is 0 Å². The molecule has 98 valence electrons. The summed E-state index contributed by atoms with van der Waals surface area (Å²) in [6, 6.07) is 0. The van der Waals surface area contributed by atoms with Gasteiger partial charge in [-0.2, -0.15) is 0 Å². The monoisotopic (exact) mass is 252 g/mol. The van der Waals surface area contributed by atoms with Gasteiger partial charge in [0.25, 0.3) is 0 Å². The van der Waals surface area contributed by atoms with Crippen LogP contribution in [0, 0.1) is 0 Å². The van der Waals surface area contributed by atoms with E-state index in [4.69, 9.17) is 15.7 Å². The van der Waals surface area contributed by atoms with Crippen LogP contribution in [-0.4, -0.2) is 45.8 Å². The lowest BCUT2D eigenvalue weighted by molar-refractivity contribution is 0.0992. The first-order valence-electron chi connectivity index (χ1n) is 5.58. The molecule has 0 unspecified atom stereocenters. The smallest absolute Gasteiger partial charge is 0.180 e. The van der Waals surface area contributed by atoms with Gasteiger partial charge in [0.15, 0.2) is 17.3 Å². The molecule has 5 N–H and O–H groups in total. The van der Waals surface area contributed by atoms with E-state index in [9.17, 15) is 0 Å². The van der Waals surface area contributed by atoms with Crippen molar-refractivity contribution in [2.45, 2.75) is 0 Å². The van der Waals surface area contributed by atoms with Crippen molar-refractivity contribution >= 4 is 17.3 Å². The van der Waals surface area contributed by atoms with Crippen LogP contribution in [0.15, 0.2) is 18.6 Å². The normalized spacial score (nSPS) is 10.8. The molecule has 2 rings (SSSR count). The Morgan fingerprint density at radius 2 is 2.33 bits per heavy atom. The van der Waals surface area contributed by atoms with Gasteiger partial charge in [-0.15, -0.1) is 0 Å². The summed E-state index contributed by atoms with van der Waals surface area (Å²) in [6.07, 6.45) is 5.24. The molecule has 0 saturated heterocycles. The Bertz CT molecular complexity index is 500. The molecule has 0 aliphatic carbocycles. The zero-order valence-corrected chi connectivity index (χ0v) is 9.83. The number of hydrazine groups is 1. The molecule has 0 bridgehead atoms. The molecular weight excluding hydrogens is 236 g/mol. The van der Waals surface area contributed by atoms with Crippen LogP contribution in [0.25, 0.3) is 5.65 Å². The lowest BCUT2D eigenvalue weighted by Crippen LogP contribution is -2.15. The van der Waals surface area contributed by atoms with E-state index < -0.39 is 0 Å². The Kier molecular flexibility index (Phi) is 4.29. The molecule has 2 heterocycles. The average molecular weight is 252 g/mol. The van der Waals surface area contributed by atoms with Gasteiger partial charge >= 0.3 is 0 Å². The van der Waals surface area contributed by atoms with E-state index in [2.05, 4.69) is 20.7 Å². The fourth-order valence-electron chi connectivity index (χ4n) is 1.53. The summed E-state index contributed by atoms with van der Waals surface area (Å²) >= 11 is 0. The lowest BCUT2D eigenvalue weighted by Gasteiger charge is -2.09. The van der Waals surface area contributed by atoms with Gasteiger partial charge in [-0.05, 0) is 0 Å². The van der Waals surface area contributed by atoms with Crippen molar-refractivity contribution in [2.24, 2.45) is 5.84 Å². The van der Waals surface area contributed by atoms with Gasteiger partial charge in [-0.3, -0.25) is 0 Å². The van der Waals surface area contributed by atoms with Crippen LogP contribution in [0.5, 0.6) is 0 Å². The highest BCUT2D eigenvalue weighted by atomic mass is 16.5. The fraction of sp³-hybridized carbons (Fsp3) is 0.400. The molecule has 18 heavy (non-hydrogen) atoms. The van der Waals surface area contributed by atoms with Crippen LogP contribution in [0.4, 0.5) is 11.6 Å². The molecule has 8 nitrogen and oxygen atoms in total. The third-order valence-electron chi connectivity index (χ3n) is 2.30. The Labute approximate surface area is 104 Å². The van der Waals surface area contributed by atoms with Crippen LogP contribution < -0.4 is 16.6 Å². The largest absolute Gasteiger partial charge is 0.394 e. The Balaban J connectivity index is 2.04. The number of rotatable bonds is 7. The van der Waals surface area contributed by atoms with Crippen molar-refractivity contribution in [3.63, 3.8) is 0 Å². The summed E-state index contributed by atoms with van der Waals surface area (Å²) < 4.78 is 6.97. The second-order valence-electron chi connectivity index (χ2n) is 3.54. The van der Waals surface area contributed by atoms with Crippen molar-refractivity contribution in [3.8, 4) is 0 Å². The third kappa shape index (κ3) is 2.86. The van der Waals surface area contributed by atoms with Gasteiger partial charge in [0.2, 0.25) is 0 Å². The summed E-state index contributed by atoms with van der Waals surface area (Å²) in [5.41, 5.74) is 3.21. The van der Waals surface area contributed by atoms with Crippen LogP contribution in [0.1, 0.15) is 0 Å². The van der Waals surface area contributed by atoms with Gasteiger partial charge in [0.05, 0.1) is 26.0 Å². The minimum absolute atomic E-state index is 0.0231. The van der Waals surface area contributed by atoms with Crippen molar-refractivity contribution in [3.05, 3.63) is 18.6 Å².